The molecule has 0 spiro atoms. The van der Waals surface area contributed by atoms with Gasteiger partial charge in [0.2, 0.25) is 11.8 Å². The van der Waals surface area contributed by atoms with Gasteiger partial charge in [-0.25, -0.2) is 4.68 Å². The number of rotatable bonds is 3. The quantitative estimate of drug-likeness (QED) is 0.455. The second kappa shape index (κ2) is 6.92. The number of fused-ring (bicyclic) bond motifs is 2. The lowest BCUT2D eigenvalue weighted by Crippen LogP contribution is -2.54. The third-order valence-electron chi connectivity index (χ3n) is 5.90. The van der Waals surface area contributed by atoms with Crippen molar-refractivity contribution in [1.29, 1.82) is 0 Å². The lowest BCUT2D eigenvalue weighted by molar-refractivity contribution is -0.136. The third kappa shape index (κ3) is 2.79. The number of imide groups is 2. The van der Waals surface area contributed by atoms with Crippen LogP contribution in [0.5, 0.6) is 0 Å². The maximum absolute atomic E-state index is 13.3. The van der Waals surface area contributed by atoms with Gasteiger partial charge in [0.05, 0.1) is 28.5 Å². The Morgan fingerprint density at radius 2 is 1.82 bits per heavy atom. The van der Waals surface area contributed by atoms with Crippen LogP contribution in [0.2, 0.25) is 0 Å². The van der Waals surface area contributed by atoms with Crippen LogP contribution in [0.25, 0.3) is 28.0 Å². The highest BCUT2D eigenvalue weighted by molar-refractivity contribution is 6.24. The van der Waals surface area contributed by atoms with Crippen molar-refractivity contribution in [3.8, 4) is 17.1 Å². The number of nitrogens with one attached hydrogen (secondary N) is 2. The van der Waals surface area contributed by atoms with Crippen molar-refractivity contribution in [2.24, 2.45) is 0 Å². The standard InChI is InChI=1S/C22H15N7O4/c30-17-9-8-16(20(31)23-17)29-21(32)12-5-3-7-15(18(12)22(29)33)28-10-14(25-27-28)19-11-4-1-2-6-13(11)24-26-19/h1-7,10,16H,8-9H2,(H,24,26)(H,23,30,31). The molecule has 11 nitrogen and oxygen atoms in total. The fraction of sp³-hybridized carbons (Fsp3) is 0.136. The summed E-state index contributed by atoms with van der Waals surface area (Å²) in [6, 6.07) is 11.4. The first-order valence-electron chi connectivity index (χ1n) is 10.2. The molecule has 6 rings (SSSR count). The molecule has 4 amide bonds. The molecule has 33 heavy (non-hydrogen) atoms. The van der Waals surface area contributed by atoms with E-state index in [1.807, 2.05) is 24.3 Å². The third-order valence-corrected chi connectivity index (χ3v) is 5.90. The fourth-order valence-corrected chi connectivity index (χ4v) is 4.34. The van der Waals surface area contributed by atoms with Crippen molar-refractivity contribution in [1.82, 2.24) is 35.4 Å². The molecule has 162 valence electrons. The van der Waals surface area contributed by atoms with Crippen molar-refractivity contribution < 1.29 is 19.2 Å². The van der Waals surface area contributed by atoms with E-state index in [-0.39, 0.29) is 24.0 Å². The number of nitrogens with zero attached hydrogens (tertiary/aromatic N) is 5. The number of hydrogen-bond donors (Lipinski definition) is 2. The number of aromatic amines is 1. The molecule has 2 aliphatic rings. The van der Waals surface area contributed by atoms with Crippen molar-refractivity contribution in [3.63, 3.8) is 0 Å². The van der Waals surface area contributed by atoms with Crippen molar-refractivity contribution >= 4 is 34.5 Å². The lowest BCUT2D eigenvalue weighted by Gasteiger charge is -2.27. The van der Waals surface area contributed by atoms with Gasteiger partial charge in [-0.1, -0.05) is 29.5 Å². The van der Waals surface area contributed by atoms with E-state index in [0.717, 1.165) is 15.8 Å². The molecular weight excluding hydrogens is 426 g/mol. The van der Waals surface area contributed by atoms with Crippen molar-refractivity contribution in [2.75, 3.05) is 0 Å². The summed E-state index contributed by atoms with van der Waals surface area (Å²) in [5.41, 5.74) is 2.61. The lowest BCUT2D eigenvalue weighted by atomic mass is 10.0. The molecule has 4 heterocycles. The van der Waals surface area contributed by atoms with E-state index in [4.69, 9.17) is 0 Å². The molecule has 0 aliphatic carbocycles. The molecule has 1 atom stereocenters. The largest absolute Gasteiger partial charge is 0.295 e. The number of benzene rings is 2. The zero-order valence-electron chi connectivity index (χ0n) is 17.0. The second-order valence-corrected chi connectivity index (χ2v) is 7.81. The number of hydrogen-bond acceptors (Lipinski definition) is 7. The highest BCUT2D eigenvalue weighted by Gasteiger charge is 2.45. The topological polar surface area (TPSA) is 143 Å². The minimum Gasteiger partial charge on any atom is -0.295 e. The van der Waals surface area contributed by atoms with Crippen LogP contribution in [0, 0.1) is 0 Å². The molecule has 1 saturated heterocycles. The first-order chi connectivity index (χ1) is 16.0. The Balaban J connectivity index is 1.40. The van der Waals surface area contributed by atoms with Gasteiger partial charge in [0.1, 0.15) is 17.4 Å². The van der Waals surface area contributed by atoms with Gasteiger partial charge in [0.15, 0.2) is 0 Å². The first-order valence-corrected chi connectivity index (χ1v) is 10.2. The summed E-state index contributed by atoms with van der Waals surface area (Å²) in [5, 5.41) is 18.7. The molecule has 4 aromatic rings. The minimum absolute atomic E-state index is 0.0563. The van der Waals surface area contributed by atoms with E-state index in [1.165, 1.54) is 10.7 Å². The Morgan fingerprint density at radius 1 is 0.970 bits per heavy atom. The van der Waals surface area contributed by atoms with E-state index in [1.54, 1.807) is 18.3 Å². The highest BCUT2D eigenvalue weighted by Crippen LogP contribution is 2.32. The van der Waals surface area contributed by atoms with Crippen LogP contribution in [0.1, 0.15) is 33.6 Å². The Kier molecular flexibility index (Phi) is 3.99. The summed E-state index contributed by atoms with van der Waals surface area (Å²) in [4.78, 5) is 51.1. The van der Waals surface area contributed by atoms with Gasteiger partial charge < -0.3 is 0 Å². The molecule has 11 heteroatoms. The number of amides is 4. The fourth-order valence-electron chi connectivity index (χ4n) is 4.34. The van der Waals surface area contributed by atoms with Crippen LogP contribution < -0.4 is 5.32 Å². The van der Waals surface area contributed by atoms with Gasteiger partial charge in [-0.15, -0.1) is 5.10 Å². The zero-order chi connectivity index (χ0) is 22.7. The monoisotopic (exact) mass is 441 g/mol. The second-order valence-electron chi connectivity index (χ2n) is 7.81. The molecule has 0 saturated carbocycles. The predicted octanol–water partition coefficient (Wildman–Crippen LogP) is 1.21. The summed E-state index contributed by atoms with van der Waals surface area (Å²) >= 11 is 0. The normalized spacial score (nSPS) is 18.2. The Hall–Kier alpha value is -4.67. The SMILES string of the molecule is O=C1CCC(N2C(=O)c3cccc(-n4cc(-c5n[nH]c6ccccc56)nn4)c3C2=O)C(=O)N1. The molecule has 2 aromatic heterocycles. The highest BCUT2D eigenvalue weighted by atomic mass is 16.2. The van der Waals surface area contributed by atoms with E-state index >= 15 is 0 Å². The molecule has 0 radical (unpaired) electrons. The van der Waals surface area contributed by atoms with Gasteiger partial charge in [0, 0.05) is 11.8 Å². The van der Waals surface area contributed by atoms with Crippen LogP contribution in [0.15, 0.2) is 48.7 Å². The average Bonchev–Trinajstić information content (AvgIpc) is 3.52. The van der Waals surface area contributed by atoms with Crippen LogP contribution in [0.3, 0.4) is 0 Å². The van der Waals surface area contributed by atoms with Gasteiger partial charge in [-0.2, -0.15) is 5.10 Å². The molecule has 2 aliphatic heterocycles. The summed E-state index contributed by atoms with van der Waals surface area (Å²) < 4.78 is 1.41. The Bertz CT molecular complexity index is 1500. The van der Waals surface area contributed by atoms with Crippen molar-refractivity contribution in [2.45, 2.75) is 18.9 Å². The molecular formula is C22H15N7O4. The van der Waals surface area contributed by atoms with Crippen LogP contribution in [0.4, 0.5) is 0 Å². The first kappa shape index (κ1) is 19.0. The summed E-state index contributed by atoms with van der Waals surface area (Å²) in [7, 11) is 0. The number of piperidine rings is 1. The Morgan fingerprint density at radius 3 is 2.67 bits per heavy atom. The van der Waals surface area contributed by atoms with Crippen molar-refractivity contribution in [3.05, 3.63) is 59.8 Å². The summed E-state index contributed by atoms with van der Waals surface area (Å²) in [6.07, 6.45) is 1.77. The van der Waals surface area contributed by atoms with Gasteiger partial charge >= 0.3 is 0 Å². The maximum Gasteiger partial charge on any atom is 0.264 e. The van der Waals surface area contributed by atoms with E-state index in [2.05, 4.69) is 25.8 Å². The summed E-state index contributed by atoms with van der Waals surface area (Å²) in [5.74, 6) is -2.27. The number of H-pyrrole nitrogens is 1. The average molecular weight is 441 g/mol. The van der Waals surface area contributed by atoms with E-state index < -0.39 is 29.7 Å². The number of aromatic nitrogens is 5. The van der Waals surface area contributed by atoms with Crippen LogP contribution >= 0.6 is 0 Å². The zero-order valence-corrected chi connectivity index (χ0v) is 17.0. The predicted molar refractivity (Wildman–Crippen MR) is 113 cm³/mol. The van der Waals surface area contributed by atoms with E-state index in [0.29, 0.717) is 17.1 Å². The van der Waals surface area contributed by atoms with Gasteiger partial charge in [-0.3, -0.25) is 34.5 Å². The smallest absolute Gasteiger partial charge is 0.264 e. The molecule has 2 N–H and O–H groups in total. The molecule has 2 aromatic carbocycles. The number of carbonyl (C=O) groups is 4. The van der Waals surface area contributed by atoms with Crippen LogP contribution in [-0.4, -0.2) is 59.8 Å². The van der Waals surface area contributed by atoms with Gasteiger partial charge in [0.25, 0.3) is 11.8 Å². The van der Waals surface area contributed by atoms with Gasteiger partial charge in [-0.05, 0) is 24.6 Å². The molecule has 0 bridgehead atoms. The molecule has 1 unspecified atom stereocenters. The molecule has 1 fully saturated rings. The Labute approximate surface area is 185 Å². The maximum atomic E-state index is 13.3. The summed E-state index contributed by atoms with van der Waals surface area (Å²) in [6.45, 7) is 0. The van der Waals surface area contributed by atoms with E-state index in [9.17, 15) is 19.2 Å². The van der Waals surface area contributed by atoms with Crippen LogP contribution in [-0.2, 0) is 9.59 Å². The minimum atomic E-state index is -1.04. The number of para-hydroxylation sites is 1. The number of carbonyl (C=O) groups excluding carboxylic acids is 4.